The molecule has 2 saturated carbocycles. The number of ketones is 1. The van der Waals surface area contributed by atoms with Crippen molar-refractivity contribution < 1.29 is 27.1 Å². The Morgan fingerprint density at radius 3 is 2.45 bits per heavy atom. The van der Waals surface area contributed by atoms with Gasteiger partial charge in [0.05, 0.1) is 18.4 Å². The zero-order valence-corrected chi connectivity index (χ0v) is 21.6. The number of alkyl halides is 3. The Hall–Kier alpha value is -1.34. The molecule has 4 rings (SSSR count). The quantitative estimate of drug-likeness (QED) is 0.438. The van der Waals surface area contributed by atoms with Gasteiger partial charge in [-0.3, -0.25) is 4.79 Å². The van der Waals surface area contributed by atoms with Crippen molar-refractivity contribution in [3.8, 4) is 5.75 Å². The second-order valence-corrected chi connectivity index (χ2v) is 16.7. The third kappa shape index (κ3) is 3.87. The molecule has 0 aliphatic heterocycles. The van der Waals surface area contributed by atoms with Crippen molar-refractivity contribution in [3.05, 3.63) is 29.3 Å². The number of methoxy groups -OCH3 is 1. The molecule has 33 heavy (non-hydrogen) atoms. The van der Waals surface area contributed by atoms with Crippen LogP contribution in [-0.2, 0) is 15.6 Å². The summed E-state index contributed by atoms with van der Waals surface area (Å²) in [5.74, 6) is -1.26. The van der Waals surface area contributed by atoms with Gasteiger partial charge in [-0.25, -0.2) is 0 Å². The van der Waals surface area contributed by atoms with Crippen LogP contribution in [0.2, 0.25) is 18.1 Å². The van der Waals surface area contributed by atoms with E-state index in [1.165, 1.54) is 5.56 Å². The third-order valence-corrected chi connectivity index (χ3v) is 13.9. The Morgan fingerprint density at radius 2 is 1.85 bits per heavy atom. The summed E-state index contributed by atoms with van der Waals surface area (Å²) in [5.41, 5.74) is 0.367. The molecule has 7 heteroatoms. The smallest absolute Gasteiger partial charge is 0.395 e. The number of rotatable bonds is 4. The third-order valence-electron chi connectivity index (χ3n) is 9.44. The minimum absolute atomic E-state index is 0.00503. The van der Waals surface area contributed by atoms with Gasteiger partial charge in [-0.15, -0.1) is 0 Å². The zero-order chi connectivity index (χ0) is 24.4. The molecule has 5 atom stereocenters. The molecule has 0 heterocycles. The molecule has 0 bridgehead atoms. The van der Waals surface area contributed by atoms with Crippen molar-refractivity contribution in [1.82, 2.24) is 0 Å². The Morgan fingerprint density at radius 1 is 1.15 bits per heavy atom. The van der Waals surface area contributed by atoms with E-state index in [0.29, 0.717) is 12.8 Å². The highest BCUT2D eigenvalue weighted by molar-refractivity contribution is 6.74. The van der Waals surface area contributed by atoms with E-state index in [1.807, 2.05) is 31.3 Å². The molecule has 0 amide bonds. The SMILES string of the molecule is COc1ccc2c(c1)CC[C@@H]1[C@@H]2CC[C@]2(C(F)(F)F)[C@@H]1CC(=O)[C@@H]2CO[Si](C)(C)C(C)(C)C. The first kappa shape index (κ1) is 24.8. The number of Topliss-reactive ketones (excluding diaryl/α,β-unsaturated/α-hetero) is 1. The highest BCUT2D eigenvalue weighted by Gasteiger charge is 2.71. The molecule has 3 nitrogen and oxygen atoms in total. The minimum Gasteiger partial charge on any atom is -0.497 e. The summed E-state index contributed by atoms with van der Waals surface area (Å²) >= 11 is 0. The van der Waals surface area contributed by atoms with Gasteiger partial charge in [-0.1, -0.05) is 26.8 Å². The highest BCUT2D eigenvalue weighted by Crippen LogP contribution is 2.67. The normalized spacial score (nSPS) is 32.2. The molecular formula is C26H37F3O3Si. The van der Waals surface area contributed by atoms with Gasteiger partial charge >= 0.3 is 6.18 Å². The van der Waals surface area contributed by atoms with Crippen LogP contribution in [0.1, 0.15) is 63.5 Å². The number of carbonyl (C=O) groups excluding carboxylic acids is 1. The van der Waals surface area contributed by atoms with Crippen LogP contribution in [0.5, 0.6) is 5.75 Å². The van der Waals surface area contributed by atoms with Gasteiger partial charge < -0.3 is 9.16 Å². The van der Waals surface area contributed by atoms with Gasteiger partial charge in [-0.2, -0.15) is 13.2 Å². The van der Waals surface area contributed by atoms with Crippen molar-refractivity contribution in [2.45, 2.75) is 83.1 Å². The summed E-state index contributed by atoms with van der Waals surface area (Å²) in [7, 11) is -0.646. The number of hydrogen-bond donors (Lipinski definition) is 0. The van der Waals surface area contributed by atoms with Crippen molar-refractivity contribution in [3.63, 3.8) is 0 Å². The van der Waals surface area contributed by atoms with Crippen molar-refractivity contribution >= 4 is 14.1 Å². The van der Waals surface area contributed by atoms with Crippen molar-refractivity contribution in [2.24, 2.45) is 23.2 Å². The maximum Gasteiger partial charge on any atom is 0.395 e. The summed E-state index contributed by atoms with van der Waals surface area (Å²) in [6, 6.07) is 5.95. The van der Waals surface area contributed by atoms with E-state index in [2.05, 4.69) is 20.8 Å². The number of halogens is 3. The van der Waals surface area contributed by atoms with Gasteiger partial charge in [0.15, 0.2) is 8.32 Å². The van der Waals surface area contributed by atoms with E-state index >= 15 is 0 Å². The molecule has 0 unspecified atom stereocenters. The largest absolute Gasteiger partial charge is 0.497 e. The monoisotopic (exact) mass is 482 g/mol. The molecule has 0 N–H and O–H groups in total. The maximum absolute atomic E-state index is 14.9. The van der Waals surface area contributed by atoms with E-state index in [9.17, 15) is 18.0 Å². The average molecular weight is 483 g/mol. The van der Waals surface area contributed by atoms with Crippen LogP contribution in [0.15, 0.2) is 18.2 Å². The second-order valence-electron chi connectivity index (χ2n) is 11.9. The lowest BCUT2D eigenvalue weighted by Gasteiger charge is -2.52. The van der Waals surface area contributed by atoms with Crippen LogP contribution in [0, 0.1) is 23.2 Å². The molecular weight excluding hydrogens is 445 g/mol. The van der Waals surface area contributed by atoms with E-state index in [4.69, 9.17) is 9.16 Å². The fraction of sp³-hybridized carbons (Fsp3) is 0.731. The molecule has 0 aromatic heterocycles. The minimum atomic E-state index is -4.42. The van der Waals surface area contributed by atoms with Crippen molar-refractivity contribution in [1.29, 1.82) is 0 Å². The molecule has 0 radical (unpaired) electrons. The van der Waals surface area contributed by atoms with Crippen LogP contribution in [-0.4, -0.2) is 34.0 Å². The average Bonchev–Trinajstić information content (AvgIpc) is 3.03. The van der Waals surface area contributed by atoms with Gasteiger partial charge in [0, 0.05) is 13.0 Å². The number of carbonyl (C=O) groups is 1. The predicted octanol–water partition coefficient (Wildman–Crippen LogP) is 6.91. The Balaban J connectivity index is 1.67. The fourth-order valence-electron chi connectivity index (χ4n) is 6.57. The summed E-state index contributed by atoms with van der Waals surface area (Å²) in [5, 5.41) is -0.120. The fourth-order valence-corrected chi connectivity index (χ4v) is 7.58. The molecule has 1 aromatic carbocycles. The Kier molecular flexibility index (Phi) is 6.09. The molecule has 1 aromatic rings. The maximum atomic E-state index is 14.9. The van der Waals surface area contributed by atoms with Gasteiger partial charge in [0.25, 0.3) is 0 Å². The lowest BCUT2D eigenvalue weighted by Crippen LogP contribution is -2.55. The highest BCUT2D eigenvalue weighted by atomic mass is 28.4. The van der Waals surface area contributed by atoms with Gasteiger partial charge in [-0.05, 0) is 84.8 Å². The standard InChI is InChI=1S/C26H37F3O3Si/c1-24(2,3)33(5,6)32-15-22-23(30)14-21-20-9-7-16-13-17(31-4)8-10-18(16)19(20)11-12-25(21,22)26(27,28)29/h8,10,13,19-22H,7,9,11-12,14-15H2,1-6H3/t19-,20-,21-,22+,25+/m1/s1. The molecule has 184 valence electrons. The van der Waals surface area contributed by atoms with Crippen LogP contribution in [0.25, 0.3) is 0 Å². The second kappa shape index (κ2) is 8.11. The summed E-state index contributed by atoms with van der Waals surface area (Å²) in [4.78, 5) is 13.2. The van der Waals surface area contributed by atoms with Crippen molar-refractivity contribution in [2.75, 3.05) is 13.7 Å². The first-order valence-corrected chi connectivity index (χ1v) is 15.0. The van der Waals surface area contributed by atoms with Crippen LogP contribution in [0.3, 0.4) is 0 Å². The summed E-state index contributed by atoms with van der Waals surface area (Å²) in [6.07, 6.45) is -2.50. The molecule has 0 saturated heterocycles. The first-order valence-electron chi connectivity index (χ1n) is 12.1. The van der Waals surface area contributed by atoms with E-state index in [0.717, 1.165) is 17.7 Å². The van der Waals surface area contributed by atoms with E-state index < -0.39 is 31.7 Å². The van der Waals surface area contributed by atoms with Crippen LogP contribution >= 0.6 is 0 Å². The molecule has 3 aliphatic carbocycles. The topological polar surface area (TPSA) is 35.5 Å². The van der Waals surface area contributed by atoms with Gasteiger partial charge in [0.1, 0.15) is 11.5 Å². The Labute approximate surface area is 196 Å². The van der Waals surface area contributed by atoms with Crippen LogP contribution < -0.4 is 4.74 Å². The molecule has 3 aliphatic rings. The molecule has 2 fully saturated rings. The lowest BCUT2D eigenvalue weighted by atomic mass is 9.53. The number of ether oxygens (including phenoxy) is 1. The van der Waals surface area contributed by atoms with Crippen LogP contribution in [0.4, 0.5) is 13.2 Å². The van der Waals surface area contributed by atoms with Gasteiger partial charge in [0.2, 0.25) is 0 Å². The number of aryl methyl sites for hydroxylation is 1. The number of benzene rings is 1. The Bertz CT molecular complexity index is 920. The summed E-state index contributed by atoms with van der Waals surface area (Å²) in [6.45, 7) is 10.2. The first-order chi connectivity index (χ1) is 15.2. The number of hydrogen-bond acceptors (Lipinski definition) is 3. The zero-order valence-electron chi connectivity index (χ0n) is 20.6. The number of fused-ring (bicyclic) bond motifs is 5. The summed E-state index contributed by atoms with van der Waals surface area (Å²) < 4.78 is 56.3. The molecule has 0 spiro atoms. The predicted molar refractivity (Wildman–Crippen MR) is 125 cm³/mol. The van der Waals surface area contributed by atoms with E-state index in [-0.39, 0.29) is 42.1 Å². The van der Waals surface area contributed by atoms with E-state index in [1.54, 1.807) is 7.11 Å². The lowest BCUT2D eigenvalue weighted by molar-refractivity contribution is -0.270.